The average Bonchev–Trinajstić information content (AvgIpc) is 3.70. The van der Waals surface area contributed by atoms with Gasteiger partial charge in [-0.3, -0.25) is 10.1 Å². The summed E-state index contributed by atoms with van der Waals surface area (Å²) >= 11 is 0. The molecule has 2 aliphatic heterocycles. The highest BCUT2D eigenvalue weighted by Crippen LogP contribution is 2.29. The Kier molecular flexibility index (Phi) is 8.28. The summed E-state index contributed by atoms with van der Waals surface area (Å²) in [4.78, 5) is 41.2. The number of hydrazone groups is 1. The molecule has 0 spiro atoms. The van der Waals surface area contributed by atoms with Gasteiger partial charge in [0.2, 0.25) is 17.8 Å². The number of esters is 1. The number of rotatable bonds is 10. The quantitative estimate of drug-likeness (QED) is 0.129. The second kappa shape index (κ2) is 12.4. The summed E-state index contributed by atoms with van der Waals surface area (Å²) in [5.41, 5.74) is 3.70. The third-order valence-electron chi connectivity index (χ3n) is 6.55. The van der Waals surface area contributed by atoms with Crippen LogP contribution in [0.5, 0.6) is 11.5 Å². The molecule has 1 N–H and O–H groups in total. The predicted octanol–water partition coefficient (Wildman–Crippen LogP) is 4.04. The van der Waals surface area contributed by atoms with Gasteiger partial charge in [-0.05, 0) is 68.5 Å². The molecule has 2 saturated heterocycles. The zero-order chi connectivity index (χ0) is 27.9. The van der Waals surface area contributed by atoms with Crippen LogP contribution in [0.2, 0.25) is 0 Å². The molecule has 0 unspecified atom stereocenters. The van der Waals surface area contributed by atoms with Crippen LogP contribution in [0.3, 0.4) is 0 Å². The van der Waals surface area contributed by atoms with Crippen LogP contribution in [0.4, 0.5) is 23.5 Å². The summed E-state index contributed by atoms with van der Waals surface area (Å²) in [5.74, 6) is 1.60. The maximum Gasteiger partial charge on any atom is 0.343 e. The van der Waals surface area contributed by atoms with Crippen molar-refractivity contribution in [3.8, 4) is 11.5 Å². The van der Waals surface area contributed by atoms with Gasteiger partial charge in [-0.2, -0.15) is 20.1 Å². The van der Waals surface area contributed by atoms with E-state index in [4.69, 9.17) is 14.5 Å². The Hall–Kier alpha value is -4.81. The Morgan fingerprint density at radius 3 is 2.17 bits per heavy atom. The first-order valence-corrected chi connectivity index (χ1v) is 13.3. The fraction of sp³-hybridized carbons (Fsp3) is 0.370. The van der Waals surface area contributed by atoms with Gasteiger partial charge in [-0.25, -0.2) is 10.2 Å². The molecule has 3 heterocycles. The standard InChI is InChI=1S/C27H30N8O5/c1-2-39-23-17-19(7-12-22(23)40-24(36)20-8-10-21(11-9-20)35(37)38)18-28-32-25-29-26(33-13-3-4-14-33)31-27(30-25)34-15-5-6-16-34/h7-12,17-18H,2-6,13-16H2,1H3,(H,29,30,31,32)/b28-18-. The number of anilines is 3. The van der Waals surface area contributed by atoms with Gasteiger partial charge < -0.3 is 19.3 Å². The molecule has 0 radical (unpaired) electrons. The number of aromatic nitrogens is 3. The largest absolute Gasteiger partial charge is 0.490 e. The van der Waals surface area contributed by atoms with Crippen LogP contribution >= 0.6 is 0 Å². The molecule has 40 heavy (non-hydrogen) atoms. The number of hydrogen-bond acceptors (Lipinski definition) is 12. The second-order valence-corrected chi connectivity index (χ2v) is 9.35. The van der Waals surface area contributed by atoms with Crippen molar-refractivity contribution in [3.63, 3.8) is 0 Å². The number of ether oxygens (including phenoxy) is 2. The fourth-order valence-corrected chi connectivity index (χ4v) is 4.52. The molecule has 0 aliphatic carbocycles. The number of benzene rings is 2. The van der Waals surface area contributed by atoms with Gasteiger partial charge in [0.05, 0.1) is 23.3 Å². The zero-order valence-corrected chi connectivity index (χ0v) is 22.2. The minimum absolute atomic E-state index is 0.111. The molecular formula is C27H30N8O5. The minimum Gasteiger partial charge on any atom is -0.490 e. The van der Waals surface area contributed by atoms with E-state index < -0.39 is 10.9 Å². The summed E-state index contributed by atoms with van der Waals surface area (Å²) in [5, 5.41) is 15.2. The zero-order valence-electron chi connectivity index (χ0n) is 22.2. The maximum atomic E-state index is 12.6. The average molecular weight is 547 g/mol. The molecule has 0 saturated carbocycles. The van der Waals surface area contributed by atoms with E-state index in [1.165, 1.54) is 24.3 Å². The van der Waals surface area contributed by atoms with Crippen LogP contribution in [0, 0.1) is 10.1 Å². The van der Waals surface area contributed by atoms with Gasteiger partial charge in [-0.15, -0.1) is 0 Å². The fourth-order valence-electron chi connectivity index (χ4n) is 4.52. The smallest absolute Gasteiger partial charge is 0.343 e. The molecule has 0 atom stereocenters. The lowest BCUT2D eigenvalue weighted by atomic mass is 10.2. The third-order valence-corrected chi connectivity index (χ3v) is 6.55. The Balaban J connectivity index is 1.29. The van der Waals surface area contributed by atoms with E-state index in [1.807, 2.05) is 6.92 Å². The van der Waals surface area contributed by atoms with Crippen LogP contribution in [-0.4, -0.2) is 64.8 Å². The number of nitrogens with zero attached hydrogens (tertiary/aromatic N) is 7. The number of non-ortho nitro benzene ring substituents is 1. The van der Waals surface area contributed by atoms with Crippen molar-refractivity contribution in [1.29, 1.82) is 0 Å². The van der Waals surface area contributed by atoms with Crippen molar-refractivity contribution in [2.45, 2.75) is 32.6 Å². The van der Waals surface area contributed by atoms with Gasteiger partial charge in [0.15, 0.2) is 11.5 Å². The maximum absolute atomic E-state index is 12.6. The van der Waals surface area contributed by atoms with Crippen LogP contribution in [0.15, 0.2) is 47.6 Å². The number of nitro groups is 1. The van der Waals surface area contributed by atoms with Gasteiger partial charge in [0, 0.05) is 38.3 Å². The van der Waals surface area contributed by atoms with E-state index in [1.54, 1.807) is 24.4 Å². The molecule has 2 aromatic carbocycles. The molecule has 2 aliphatic rings. The monoisotopic (exact) mass is 546 g/mol. The normalized spacial score (nSPS) is 15.0. The molecule has 0 bridgehead atoms. The molecule has 1 aromatic heterocycles. The topological polar surface area (TPSA) is 148 Å². The predicted molar refractivity (Wildman–Crippen MR) is 150 cm³/mol. The van der Waals surface area contributed by atoms with E-state index in [0.717, 1.165) is 51.9 Å². The Labute approximate surface area is 231 Å². The summed E-state index contributed by atoms with van der Waals surface area (Å²) in [7, 11) is 0. The van der Waals surface area contributed by atoms with Crippen LogP contribution in [-0.2, 0) is 0 Å². The highest BCUT2D eigenvalue weighted by Gasteiger charge is 2.21. The Morgan fingerprint density at radius 1 is 0.975 bits per heavy atom. The first-order valence-electron chi connectivity index (χ1n) is 13.3. The van der Waals surface area contributed by atoms with E-state index in [0.29, 0.717) is 35.8 Å². The van der Waals surface area contributed by atoms with Gasteiger partial charge in [0.25, 0.3) is 5.69 Å². The Bertz CT molecular complexity index is 1350. The highest BCUT2D eigenvalue weighted by molar-refractivity contribution is 5.92. The molecule has 0 amide bonds. The van der Waals surface area contributed by atoms with Gasteiger partial charge in [-0.1, -0.05) is 0 Å². The van der Waals surface area contributed by atoms with Crippen LogP contribution < -0.4 is 24.7 Å². The van der Waals surface area contributed by atoms with Crippen molar-refractivity contribution >= 4 is 35.7 Å². The third kappa shape index (κ3) is 6.42. The van der Waals surface area contributed by atoms with E-state index in [-0.39, 0.29) is 17.0 Å². The molecule has 3 aromatic rings. The van der Waals surface area contributed by atoms with Crippen LogP contribution in [0.1, 0.15) is 48.5 Å². The molecule has 13 heteroatoms. The highest BCUT2D eigenvalue weighted by atomic mass is 16.6. The van der Waals surface area contributed by atoms with Crippen LogP contribution in [0.25, 0.3) is 0 Å². The molecular weight excluding hydrogens is 516 g/mol. The lowest BCUT2D eigenvalue weighted by molar-refractivity contribution is -0.384. The van der Waals surface area contributed by atoms with E-state index in [2.05, 4.69) is 30.3 Å². The van der Waals surface area contributed by atoms with Crippen molar-refractivity contribution in [2.24, 2.45) is 5.10 Å². The van der Waals surface area contributed by atoms with Crippen molar-refractivity contribution in [1.82, 2.24) is 15.0 Å². The first-order chi connectivity index (χ1) is 19.5. The summed E-state index contributed by atoms with van der Waals surface area (Å²) in [6, 6.07) is 10.2. The summed E-state index contributed by atoms with van der Waals surface area (Å²) in [6.07, 6.45) is 6.07. The van der Waals surface area contributed by atoms with E-state index in [9.17, 15) is 14.9 Å². The number of carbonyl (C=O) groups excluding carboxylic acids is 1. The van der Waals surface area contributed by atoms with Gasteiger partial charge in [0.1, 0.15) is 0 Å². The van der Waals surface area contributed by atoms with Crippen molar-refractivity contribution in [3.05, 3.63) is 63.7 Å². The molecule has 5 rings (SSSR count). The first kappa shape index (κ1) is 26.8. The summed E-state index contributed by atoms with van der Waals surface area (Å²) in [6.45, 7) is 5.87. The molecule has 2 fully saturated rings. The van der Waals surface area contributed by atoms with Crippen molar-refractivity contribution in [2.75, 3.05) is 48.0 Å². The minimum atomic E-state index is -0.656. The Morgan fingerprint density at radius 2 is 1.60 bits per heavy atom. The molecule has 13 nitrogen and oxygen atoms in total. The number of nitrogens with one attached hydrogen (secondary N) is 1. The second-order valence-electron chi connectivity index (χ2n) is 9.35. The lowest BCUT2D eigenvalue weighted by Gasteiger charge is -2.20. The molecule has 208 valence electrons. The number of carbonyl (C=O) groups is 1. The number of hydrogen-bond donors (Lipinski definition) is 1. The number of nitro benzene ring substituents is 1. The summed E-state index contributed by atoms with van der Waals surface area (Å²) < 4.78 is 11.2. The van der Waals surface area contributed by atoms with Gasteiger partial charge >= 0.3 is 5.97 Å². The lowest BCUT2D eigenvalue weighted by Crippen LogP contribution is -2.25. The van der Waals surface area contributed by atoms with Crippen molar-refractivity contribution < 1.29 is 19.2 Å². The van der Waals surface area contributed by atoms with E-state index >= 15 is 0 Å². The SMILES string of the molecule is CCOc1cc(/C=N\Nc2nc(N3CCCC3)nc(N3CCCC3)n2)ccc1OC(=O)c1ccc([N+](=O)[O-])cc1.